The molecule has 1 rings (SSSR count). The first-order valence-corrected chi connectivity index (χ1v) is 8.16. The third kappa shape index (κ3) is 6.60. The number of hydrogen-bond donors (Lipinski definition) is 0. The standard InChI is InChI=1S/C16H26O9/c1-6-20-16(21-7-2)15-14(24-11(5)19)13(23-10(4)18)12(25-15)8-22-9(3)17/h12-16H,6-8H2,1-5H3/t12-,13-,14+,15+/m1/s1. The van der Waals surface area contributed by atoms with Crippen molar-refractivity contribution in [3.63, 3.8) is 0 Å². The fraction of sp³-hybridized carbons (Fsp3) is 0.812. The Hall–Kier alpha value is -1.71. The molecule has 0 saturated carbocycles. The molecule has 0 amide bonds. The van der Waals surface area contributed by atoms with Gasteiger partial charge >= 0.3 is 17.9 Å². The van der Waals surface area contributed by atoms with Crippen molar-refractivity contribution >= 4 is 17.9 Å². The molecule has 25 heavy (non-hydrogen) atoms. The highest BCUT2D eigenvalue weighted by molar-refractivity contribution is 5.68. The summed E-state index contributed by atoms with van der Waals surface area (Å²) < 4.78 is 32.4. The summed E-state index contributed by atoms with van der Waals surface area (Å²) in [5.74, 6) is -1.66. The number of esters is 3. The van der Waals surface area contributed by atoms with Crippen molar-refractivity contribution in [2.24, 2.45) is 0 Å². The van der Waals surface area contributed by atoms with Gasteiger partial charge in [0.05, 0.1) is 0 Å². The van der Waals surface area contributed by atoms with Gasteiger partial charge in [0.15, 0.2) is 18.5 Å². The van der Waals surface area contributed by atoms with E-state index >= 15 is 0 Å². The molecular weight excluding hydrogens is 336 g/mol. The Balaban J connectivity index is 3.07. The molecule has 0 bridgehead atoms. The topological polar surface area (TPSA) is 107 Å². The van der Waals surface area contributed by atoms with Crippen LogP contribution in [0.15, 0.2) is 0 Å². The molecule has 1 aliphatic heterocycles. The lowest BCUT2D eigenvalue weighted by atomic mass is 10.1. The lowest BCUT2D eigenvalue weighted by molar-refractivity contribution is -0.218. The van der Waals surface area contributed by atoms with Gasteiger partial charge in [-0.25, -0.2) is 0 Å². The maximum absolute atomic E-state index is 11.5. The predicted octanol–water partition coefficient (Wildman–Crippen LogP) is 0.579. The second-order valence-corrected chi connectivity index (χ2v) is 5.37. The summed E-state index contributed by atoms with van der Waals surface area (Å²) in [5, 5.41) is 0. The van der Waals surface area contributed by atoms with Crippen molar-refractivity contribution in [3.05, 3.63) is 0 Å². The summed E-state index contributed by atoms with van der Waals surface area (Å²) in [6, 6.07) is 0. The molecule has 0 aromatic heterocycles. The molecule has 1 fully saturated rings. The molecule has 1 heterocycles. The van der Waals surface area contributed by atoms with E-state index in [0.29, 0.717) is 13.2 Å². The zero-order valence-electron chi connectivity index (χ0n) is 15.2. The van der Waals surface area contributed by atoms with Crippen LogP contribution in [0.2, 0.25) is 0 Å². The molecule has 0 unspecified atom stereocenters. The van der Waals surface area contributed by atoms with Gasteiger partial charge in [0.25, 0.3) is 0 Å². The molecule has 1 aliphatic rings. The highest BCUT2D eigenvalue weighted by Gasteiger charge is 2.53. The van der Waals surface area contributed by atoms with Gasteiger partial charge in [0, 0.05) is 34.0 Å². The lowest BCUT2D eigenvalue weighted by Crippen LogP contribution is -2.45. The monoisotopic (exact) mass is 362 g/mol. The first-order valence-electron chi connectivity index (χ1n) is 8.16. The van der Waals surface area contributed by atoms with Crippen LogP contribution in [0.25, 0.3) is 0 Å². The van der Waals surface area contributed by atoms with E-state index in [1.54, 1.807) is 13.8 Å². The van der Waals surface area contributed by atoms with Crippen LogP contribution in [-0.2, 0) is 42.8 Å². The number of rotatable bonds is 9. The van der Waals surface area contributed by atoms with Crippen LogP contribution in [0.1, 0.15) is 34.6 Å². The van der Waals surface area contributed by atoms with Crippen LogP contribution in [0.3, 0.4) is 0 Å². The minimum absolute atomic E-state index is 0.160. The highest BCUT2D eigenvalue weighted by atomic mass is 16.7. The van der Waals surface area contributed by atoms with Gasteiger partial charge < -0.3 is 28.4 Å². The van der Waals surface area contributed by atoms with Crippen LogP contribution < -0.4 is 0 Å². The van der Waals surface area contributed by atoms with E-state index in [9.17, 15) is 14.4 Å². The molecule has 0 aliphatic carbocycles. The van der Waals surface area contributed by atoms with Crippen molar-refractivity contribution in [2.75, 3.05) is 19.8 Å². The van der Waals surface area contributed by atoms with Crippen molar-refractivity contribution in [3.8, 4) is 0 Å². The molecule has 0 aromatic rings. The third-order valence-corrected chi connectivity index (χ3v) is 3.33. The van der Waals surface area contributed by atoms with E-state index in [1.807, 2.05) is 0 Å². The molecule has 0 radical (unpaired) electrons. The van der Waals surface area contributed by atoms with Gasteiger partial charge in [-0.15, -0.1) is 0 Å². The summed E-state index contributed by atoms with van der Waals surface area (Å²) in [4.78, 5) is 34.0. The Kier molecular flexibility index (Phi) is 8.81. The van der Waals surface area contributed by atoms with Crippen LogP contribution >= 0.6 is 0 Å². The molecule has 144 valence electrons. The van der Waals surface area contributed by atoms with Gasteiger partial charge in [-0.3, -0.25) is 14.4 Å². The zero-order valence-corrected chi connectivity index (χ0v) is 15.2. The second-order valence-electron chi connectivity index (χ2n) is 5.37. The predicted molar refractivity (Wildman–Crippen MR) is 83.4 cm³/mol. The first-order chi connectivity index (χ1) is 11.8. The number of ether oxygens (including phenoxy) is 6. The molecule has 0 aromatic carbocycles. The number of carbonyl (C=O) groups is 3. The normalized spacial score (nSPS) is 25.7. The molecule has 1 saturated heterocycles. The van der Waals surface area contributed by atoms with Gasteiger partial charge in [-0.2, -0.15) is 0 Å². The Morgan fingerprint density at radius 3 is 1.84 bits per heavy atom. The Morgan fingerprint density at radius 1 is 0.880 bits per heavy atom. The van der Waals surface area contributed by atoms with Gasteiger partial charge in [0.1, 0.15) is 18.8 Å². The quantitative estimate of drug-likeness (QED) is 0.331. The summed E-state index contributed by atoms with van der Waals surface area (Å²) in [6.45, 7) is 7.78. The van der Waals surface area contributed by atoms with Crippen molar-refractivity contribution in [1.29, 1.82) is 0 Å². The summed E-state index contributed by atoms with van der Waals surface area (Å²) in [5.41, 5.74) is 0. The molecule has 9 nitrogen and oxygen atoms in total. The van der Waals surface area contributed by atoms with Gasteiger partial charge in [-0.1, -0.05) is 0 Å². The van der Waals surface area contributed by atoms with Crippen molar-refractivity contribution in [1.82, 2.24) is 0 Å². The van der Waals surface area contributed by atoms with Gasteiger partial charge in [0.2, 0.25) is 0 Å². The Morgan fingerprint density at radius 2 is 1.40 bits per heavy atom. The average molecular weight is 362 g/mol. The summed E-state index contributed by atoms with van der Waals surface area (Å²) >= 11 is 0. The van der Waals surface area contributed by atoms with Gasteiger partial charge in [-0.05, 0) is 13.8 Å². The Labute approximate surface area is 146 Å². The maximum Gasteiger partial charge on any atom is 0.303 e. The highest BCUT2D eigenvalue weighted by Crippen LogP contribution is 2.31. The average Bonchev–Trinajstić information content (AvgIpc) is 2.82. The van der Waals surface area contributed by atoms with E-state index in [4.69, 9.17) is 28.4 Å². The van der Waals surface area contributed by atoms with Crippen LogP contribution in [-0.4, -0.2) is 68.4 Å². The third-order valence-electron chi connectivity index (χ3n) is 3.33. The SMILES string of the molecule is CCOC(OCC)[C@H]1O[C@H](COC(C)=O)[C@@H](OC(C)=O)[C@@H]1OC(C)=O. The van der Waals surface area contributed by atoms with E-state index in [2.05, 4.69) is 0 Å². The van der Waals surface area contributed by atoms with Crippen molar-refractivity contribution in [2.45, 2.75) is 65.3 Å². The number of carbonyl (C=O) groups excluding carboxylic acids is 3. The Bertz CT molecular complexity index is 459. The second kappa shape index (κ2) is 10.3. The first kappa shape index (κ1) is 21.3. The van der Waals surface area contributed by atoms with Crippen LogP contribution in [0, 0.1) is 0 Å². The van der Waals surface area contributed by atoms with E-state index < -0.39 is 48.6 Å². The van der Waals surface area contributed by atoms with E-state index in [1.165, 1.54) is 20.8 Å². The van der Waals surface area contributed by atoms with Crippen molar-refractivity contribution < 1.29 is 42.8 Å². The molecule has 9 heteroatoms. The minimum atomic E-state index is -0.954. The van der Waals surface area contributed by atoms with Crippen LogP contribution in [0.4, 0.5) is 0 Å². The summed E-state index contributed by atoms with van der Waals surface area (Å²) in [6.07, 6.45) is -4.39. The maximum atomic E-state index is 11.5. The minimum Gasteiger partial charge on any atom is -0.463 e. The molecule has 4 atom stereocenters. The van der Waals surface area contributed by atoms with Crippen LogP contribution in [0.5, 0.6) is 0 Å². The molecular formula is C16H26O9. The van der Waals surface area contributed by atoms with E-state index in [-0.39, 0.29) is 6.61 Å². The molecule has 0 spiro atoms. The van der Waals surface area contributed by atoms with E-state index in [0.717, 1.165) is 0 Å². The number of hydrogen-bond acceptors (Lipinski definition) is 9. The molecule has 0 N–H and O–H groups in total. The summed E-state index contributed by atoms with van der Waals surface area (Å²) in [7, 11) is 0. The zero-order chi connectivity index (χ0) is 19.0. The fourth-order valence-corrected chi connectivity index (χ4v) is 2.53. The smallest absolute Gasteiger partial charge is 0.303 e. The largest absolute Gasteiger partial charge is 0.463 e. The lowest BCUT2D eigenvalue weighted by Gasteiger charge is -2.27. The fourth-order valence-electron chi connectivity index (χ4n) is 2.53.